The zero-order valence-corrected chi connectivity index (χ0v) is 10.9. The van der Waals surface area contributed by atoms with Crippen molar-refractivity contribution in [2.45, 2.75) is 18.6 Å². The third-order valence-electron chi connectivity index (χ3n) is 1.97. The molecule has 1 heterocycles. The topological polar surface area (TPSA) is 24.9 Å². The fourth-order valence-electron chi connectivity index (χ4n) is 1.03. The maximum absolute atomic E-state index is 4.29. The van der Waals surface area contributed by atoms with E-state index >= 15 is 0 Å². The van der Waals surface area contributed by atoms with E-state index in [1.165, 1.54) is 0 Å². The SMILES string of the molecule is CSC(C)CCNc1cccc(Br)n1. The van der Waals surface area contributed by atoms with Crippen LogP contribution in [0.3, 0.4) is 0 Å². The lowest BCUT2D eigenvalue weighted by Crippen LogP contribution is -2.08. The van der Waals surface area contributed by atoms with Gasteiger partial charge in [0, 0.05) is 11.8 Å². The molecule has 2 nitrogen and oxygen atoms in total. The lowest BCUT2D eigenvalue weighted by molar-refractivity contribution is 0.849. The van der Waals surface area contributed by atoms with E-state index in [1.54, 1.807) is 0 Å². The Kier molecular flexibility index (Phi) is 5.33. The summed E-state index contributed by atoms with van der Waals surface area (Å²) in [5.74, 6) is 0.938. The maximum atomic E-state index is 4.29. The molecule has 0 radical (unpaired) electrons. The first-order chi connectivity index (χ1) is 6.72. The minimum atomic E-state index is 0.703. The number of aromatic nitrogens is 1. The molecule has 1 unspecified atom stereocenters. The number of rotatable bonds is 5. The third-order valence-corrected chi connectivity index (χ3v) is 3.46. The quantitative estimate of drug-likeness (QED) is 0.834. The molecule has 0 aromatic carbocycles. The molecule has 1 rings (SSSR count). The van der Waals surface area contributed by atoms with Gasteiger partial charge in [-0.15, -0.1) is 0 Å². The van der Waals surface area contributed by atoms with Crippen LogP contribution < -0.4 is 5.32 Å². The van der Waals surface area contributed by atoms with Crippen LogP contribution in [0.4, 0.5) is 5.82 Å². The summed E-state index contributed by atoms with van der Waals surface area (Å²) in [5, 5.41) is 4.00. The molecule has 1 atom stereocenters. The van der Waals surface area contributed by atoms with Gasteiger partial charge < -0.3 is 5.32 Å². The molecule has 4 heteroatoms. The first kappa shape index (κ1) is 11.9. The monoisotopic (exact) mass is 274 g/mol. The zero-order chi connectivity index (χ0) is 10.4. The Morgan fingerprint density at radius 3 is 3.00 bits per heavy atom. The van der Waals surface area contributed by atoms with Crippen molar-refractivity contribution >= 4 is 33.5 Å². The zero-order valence-electron chi connectivity index (χ0n) is 8.46. The fraction of sp³-hybridized carbons (Fsp3) is 0.500. The van der Waals surface area contributed by atoms with Crippen LogP contribution in [-0.2, 0) is 0 Å². The second-order valence-electron chi connectivity index (χ2n) is 3.11. The normalized spacial score (nSPS) is 12.5. The van der Waals surface area contributed by atoms with Crippen molar-refractivity contribution in [2.75, 3.05) is 18.1 Å². The molecule has 14 heavy (non-hydrogen) atoms. The van der Waals surface area contributed by atoms with Crippen LogP contribution in [0.1, 0.15) is 13.3 Å². The molecule has 0 aliphatic rings. The van der Waals surface area contributed by atoms with Gasteiger partial charge in [0.2, 0.25) is 0 Å². The van der Waals surface area contributed by atoms with E-state index in [4.69, 9.17) is 0 Å². The van der Waals surface area contributed by atoms with Gasteiger partial charge in [0.1, 0.15) is 10.4 Å². The second kappa shape index (κ2) is 6.30. The van der Waals surface area contributed by atoms with Crippen molar-refractivity contribution in [1.29, 1.82) is 0 Å². The average molecular weight is 275 g/mol. The molecule has 0 bridgehead atoms. The molecule has 0 amide bonds. The molecule has 78 valence electrons. The largest absolute Gasteiger partial charge is 0.370 e. The molecular weight excluding hydrogens is 260 g/mol. The van der Waals surface area contributed by atoms with E-state index < -0.39 is 0 Å². The van der Waals surface area contributed by atoms with Crippen LogP contribution in [0, 0.1) is 0 Å². The molecule has 0 aliphatic heterocycles. The van der Waals surface area contributed by atoms with E-state index in [9.17, 15) is 0 Å². The molecule has 1 aromatic heterocycles. The highest BCUT2D eigenvalue weighted by atomic mass is 79.9. The highest BCUT2D eigenvalue weighted by Crippen LogP contribution is 2.12. The number of halogens is 1. The highest BCUT2D eigenvalue weighted by molar-refractivity contribution is 9.10. The lowest BCUT2D eigenvalue weighted by atomic mass is 10.3. The summed E-state index contributed by atoms with van der Waals surface area (Å²) in [7, 11) is 0. The smallest absolute Gasteiger partial charge is 0.127 e. The van der Waals surface area contributed by atoms with Crippen LogP contribution in [0.15, 0.2) is 22.8 Å². The molecule has 1 N–H and O–H groups in total. The van der Waals surface area contributed by atoms with Crippen LogP contribution in [-0.4, -0.2) is 23.0 Å². The molecule has 0 spiro atoms. The number of nitrogens with one attached hydrogen (secondary N) is 1. The number of thioether (sulfide) groups is 1. The number of nitrogens with zero attached hydrogens (tertiary/aromatic N) is 1. The van der Waals surface area contributed by atoms with Crippen LogP contribution >= 0.6 is 27.7 Å². The summed E-state index contributed by atoms with van der Waals surface area (Å²) in [6, 6.07) is 5.89. The summed E-state index contributed by atoms with van der Waals surface area (Å²) >= 11 is 5.23. The van der Waals surface area contributed by atoms with E-state index in [0.717, 1.165) is 23.4 Å². The molecule has 0 saturated carbocycles. The van der Waals surface area contributed by atoms with Crippen molar-refractivity contribution in [1.82, 2.24) is 4.98 Å². The van der Waals surface area contributed by atoms with Gasteiger partial charge in [-0.2, -0.15) is 11.8 Å². The third kappa shape index (κ3) is 4.33. The van der Waals surface area contributed by atoms with Gasteiger partial charge in [0.15, 0.2) is 0 Å². The van der Waals surface area contributed by atoms with Crippen molar-refractivity contribution in [3.63, 3.8) is 0 Å². The second-order valence-corrected chi connectivity index (χ2v) is 5.20. The summed E-state index contributed by atoms with van der Waals surface area (Å²) < 4.78 is 0.875. The van der Waals surface area contributed by atoms with Crippen molar-refractivity contribution < 1.29 is 0 Å². The minimum absolute atomic E-state index is 0.703. The first-order valence-corrected chi connectivity index (χ1v) is 6.69. The summed E-state index contributed by atoms with van der Waals surface area (Å²) in [5.41, 5.74) is 0. The lowest BCUT2D eigenvalue weighted by Gasteiger charge is -2.09. The van der Waals surface area contributed by atoms with E-state index in [1.807, 2.05) is 30.0 Å². The fourth-order valence-corrected chi connectivity index (χ4v) is 1.73. The van der Waals surface area contributed by atoms with Gasteiger partial charge in [-0.3, -0.25) is 0 Å². The minimum Gasteiger partial charge on any atom is -0.370 e. The highest BCUT2D eigenvalue weighted by Gasteiger charge is 1.99. The molecule has 0 fully saturated rings. The molecule has 0 aliphatic carbocycles. The molecule has 0 saturated heterocycles. The number of pyridine rings is 1. The Balaban J connectivity index is 2.31. The predicted molar refractivity (Wildman–Crippen MR) is 68.0 cm³/mol. The summed E-state index contributed by atoms with van der Waals surface area (Å²) in [6.07, 6.45) is 3.30. The van der Waals surface area contributed by atoms with Crippen molar-refractivity contribution in [2.24, 2.45) is 0 Å². The standard InChI is InChI=1S/C10H15BrN2S/c1-8(14-2)6-7-12-10-5-3-4-9(11)13-10/h3-5,8H,6-7H2,1-2H3,(H,12,13). The van der Waals surface area contributed by atoms with E-state index in [2.05, 4.69) is 39.4 Å². The number of hydrogen-bond acceptors (Lipinski definition) is 3. The Hall–Kier alpha value is -0.220. The molecule has 1 aromatic rings. The summed E-state index contributed by atoms with van der Waals surface area (Å²) in [4.78, 5) is 4.29. The van der Waals surface area contributed by atoms with Crippen LogP contribution in [0.25, 0.3) is 0 Å². The van der Waals surface area contributed by atoms with E-state index in [0.29, 0.717) is 5.25 Å². The Morgan fingerprint density at radius 2 is 2.36 bits per heavy atom. The van der Waals surface area contributed by atoms with Gasteiger partial charge in [-0.05, 0) is 40.7 Å². The first-order valence-electron chi connectivity index (χ1n) is 4.61. The van der Waals surface area contributed by atoms with Gasteiger partial charge >= 0.3 is 0 Å². The predicted octanol–water partition coefficient (Wildman–Crippen LogP) is 3.40. The van der Waals surface area contributed by atoms with Crippen molar-refractivity contribution in [3.8, 4) is 0 Å². The van der Waals surface area contributed by atoms with Crippen LogP contribution in [0.2, 0.25) is 0 Å². The summed E-state index contributed by atoms with van der Waals surface area (Å²) in [6.45, 7) is 3.21. The van der Waals surface area contributed by atoms with Gasteiger partial charge in [0.05, 0.1) is 0 Å². The number of hydrogen-bond donors (Lipinski definition) is 1. The van der Waals surface area contributed by atoms with Crippen LogP contribution in [0.5, 0.6) is 0 Å². The molecular formula is C10H15BrN2S. The van der Waals surface area contributed by atoms with E-state index in [-0.39, 0.29) is 0 Å². The Morgan fingerprint density at radius 1 is 1.57 bits per heavy atom. The van der Waals surface area contributed by atoms with Gasteiger partial charge in [-0.1, -0.05) is 13.0 Å². The van der Waals surface area contributed by atoms with Gasteiger partial charge in [-0.25, -0.2) is 4.98 Å². The maximum Gasteiger partial charge on any atom is 0.127 e. The van der Waals surface area contributed by atoms with Gasteiger partial charge in [0.25, 0.3) is 0 Å². The average Bonchev–Trinajstić information content (AvgIpc) is 2.17. The Labute approximate surface area is 98.0 Å². The van der Waals surface area contributed by atoms with Crippen molar-refractivity contribution in [3.05, 3.63) is 22.8 Å². The number of anilines is 1. The Bertz CT molecular complexity index is 281.